The van der Waals surface area contributed by atoms with Crippen molar-refractivity contribution >= 4 is 7.92 Å². The van der Waals surface area contributed by atoms with Gasteiger partial charge in [-0.05, 0) is 16.7 Å². The minimum Gasteiger partial charge on any atom is 0 e. The second-order valence-electron chi connectivity index (χ2n) is 6.29. The zero-order valence-corrected chi connectivity index (χ0v) is 19.7. The molecule has 0 bridgehead atoms. The van der Waals surface area contributed by atoms with Gasteiger partial charge in [-0.2, -0.15) is 0 Å². The van der Waals surface area contributed by atoms with Gasteiger partial charge in [0.2, 0.25) is 0 Å². The van der Waals surface area contributed by atoms with Crippen LogP contribution in [0.3, 0.4) is 0 Å². The van der Waals surface area contributed by atoms with Gasteiger partial charge >= 0.3 is 33.9 Å². The summed E-state index contributed by atoms with van der Waals surface area (Å²) in [6.07, 6.45) is 4.79. The number of hydrogen-bond donors (Lipinski definition) is 0. The Morgan fingerprint density at radius 2 is 0.781 bits per heavy atom. The molecule has 0 spiro atoms. The van der Waals surface area contributed by atoms with Crippen molar-refractivity contribution in [2.75, 3.05) is 6.66 Å². The van der Waals surface area contributed by atoms with Crippen LogP contribution < -0.4 is 0 Å². The molecule has 3 aromatic carbocycles. The Morgan fingerprint density at radius 3 is 1.09 bits per heavy atom. The molecule has 0 unspecified atom stereocenters. The van der Waals surface area contributed by atoms with Crippen molar-refractivity contribution in [3.05, 3.63) is 158 Å². The Kier molecular flexibility index (Phi) is 16.2. The molecule has 3 aromatic rings. The smallest absolute Gasteiger partial charge is 0 e. The molecule has 3 nitrogen and oxygen atoms in total. The van der Waals surface area contributed by atoms with Crippen molar-refractivity contribution in [3.8, 4) is 0 Å². The van der Waals surface area contributed by atoms with Crippen LogP contribution in [0.1, 0.15) is 16.7 Å². The summed E-state index contributed by atoms with van der Waals surface area (Å²) < 4.78 is 22.5. The van der Waals surface area contributed by atoms with E-state index in [9.17, 15) is 0 Å². The summed E-state index contributed by atoms with van der Waals surface area (Å²) in [7, 11) is -0.813. The van der Waals surface area contributed by atoms with Gasteiger partial charge in [0, 0.05) is 50.7 Å². The first-order valence-corrected chi connectivity index (χ1v) is 11.2. The van der Waals surface area contributed by atoms with E-state index in [0.29, 0.717) is 0 Å². The van der Waals surface area contributed by atoms with E-state index in [1.807, 2.05) is 0 Å². The predicted octanol–water partition coefficient (Wildman–Crippen LogP) is 5.92. The molecule has 32 heavy (non-hydrogen) atoms. The van der Waals surface area contributed by atoms with Crippen molar-refractivity contribution in [2.45, 2.75) is 0 Å². The van der Waals surface area contributed by atoms with Gasteiger partial charge in [0.15, 0.2) is 11.3 Å². The number of rotatable bonds is 3. The summed E-state index contributed by atoms with van der Waals surface area (Å²) >= 11 is 0. The van der Waals surface area contributed by atoms with Crippen LogP contribution in [0.25, 0.3) is 0 Å². The van der Waals surface area contributed by atoms with Crippen LogP contribution in [-0.4, -0.2) is 6.66 Å². The Bertz CT molecular complexity index is 863. The number of hydrogen-bond acceptors (Lipinski definition) is 0. The molecule has 0 atom stereocenters. The first-order chi connectivity index (χ1) is 15.3. The van der Waals surface area contributed by atoms with Crippen LogP contribution in [0.5, 0.6) is 0 Å². The van der Waals surface area contributed by atoms with Crippen molar-refractivity contribution in [1.82, 2.24) is 0 Å². The largest absolute Gasteiger partial charge is 0 e. The van der Waals surface area contributed by atoms with Crippen LogP contribution in [0.15, 0.2) is 91.0 Å². The molecule has 1 fully saturated rings. The van der Waals surface area contributed by atoms with Crippen LogP contribution >= 0.6 is 7.92 Å². The third-order valence-corrected chi connectivity index (χ3v) is 7.17. The molecular formula is C27H21CrO3P+. The Morgan fingerprint density at radius 1 is 0.500 bits per heavy atom. The van der Waals surface area contributed by atoms with E-state index in [0.717, 1.165) is 0 Å². The molecule has 0 saturated carbocycles. The fourth-order valence-corrected chi connectivity index (χ4v) is 5.58. The van der Waals surface area contributed by atoms with Gasteiger partial charge in [0.1, 0.15) is 0 Å². The van der Waals surface area contributed by atoms with Crippen LogP contribution in [0.4, 0.5) is 0 Å². The Labute approximate surface area is 203 Å². The summed E-state index contributed by atoms with van der Waals surface area (Å²) in [4.78, 5) is 0. The molecule has 1 saturated heterocycles. The third kappa shape index (κ3) is 8.08. The summed E-state index contributed by atoms with van der Waals surface area (Å²) in [5.74, 6) is 1.30. The molecule has 1 heterocycles. The number of benzene rings is 3. The fourth-order valence-electron chi connectivity index (χ4n) is 3.35. The molecule has 157 valence electrons. The van der Waals surface area contributed by atoms with E-state index in [1.165, 1.54) is 33.9 Å². The van der Waals surface area contributed by atoms with Gasteiger partial charge in [-0.1, -0.05) is 91.0 Å². The second-order valence-corrected chi connectivity index (χ2v) is 8.62. The van der Waals surface area contributed by atoms with E-state index in [2.05, 4.69) is 130 Å². The molecule has 0 aromatic heterocycles. The van der Waals surface area contributed by atoms with E-state index in [1.54, 1.807) is 0 Å². The van der Waals surface area contributed by atoms with Crippen LogP contribution in [-0.2, 0) is 31.3 Å². The average Bonchev–Trinajstić information content (AvgIpc) is 2.89. The van der Waals surface area contributed by atoms with Crippen molar-refractivity contribution in [3.63, 3.8) is 0 Å². The second kappa shape index (κ2) is 17.4. The third-order valence-electron chi connectivity index (χ3n) is 4.68. The van der Waals surface area contributed by atoms with Gasteiger partial charge in [0.05, 0.1) is 0 Å². The fraction of sp³-hybridized carbons (Fsp3) is 0.0370. The summed E-state index contributed by atoms with van der Waals surface area (Å²) in [5.41, 5.74) is 6.91. The van der Waals surface area contributed by atoms with Gasteiger partial charge in [-0.3, -0.25) is 0 Å². The standard InChI is InChI=1S/C24H21P.3CO.Cr/c1-25-23(20-13-7-3-8-14-20)17-22(19-11-5-2-6-12-19)18-24(25)21-15-9-4-10-16-21;3*1-2;/h2-18,25H,1H3;;;;/q+1;;;;. The van der Waals surface area contributed by atoms with E-state index in [4.69, 9.17) is 14.0 Å². The van der Waals surface area contributed by atoms with Crippen molar-refractivity contribution in [1.29, 1.82) is 0 Å². The summed E-state index contributed by atoms with van der Waals surface area (Å²) in [5, 5.41) is 0. The Hall–Kier alpha value is -2.16. The van der Waals surface area contributed by atoms with Crippen molar-refractivity contribution in [2.24, 2.45) is 0 Å². The summed E-state index contributed by atoms with van der Waals surface area (Å²) in [6.45, 7) is 15.9. The molecule has 0 amide bonds. The molecular weight excluding hydrogens is 455 g/mol. The van der Waals surface area contributed by atoms with Crippen molar-refractivity contribution < 1.29 is 31.3 Å². The van der Waals surface area contributed by atoms with Gasteiger partial charge in [-0.15, -0.1) is 0 Å². The predicted molar refractivity (Wildman–Crippen MR) is 121 cm³/mol. The maximum atomic E-state index is 7.50. The molecule has 4 rings (SSSR count). The minimum absolute atomic E-state index is 0. The van der Waals surface area contributed by atoms with Gasteiger partial charge in [0.25, 0.3) is 0 Å². The van der Waals surface area contributed by atoms with Crippen LogP contribution in [0, 0.1) is 50.0 Å². The maximum absolute atomic E-state index is 7.50. The first kappa shape index (κ1) is 29.8. The monoisotopic (exact) mass is 476 g/mol. The molecule has 5 radical (unpaired) electrons. The zero-order chi connectivity index (χ0) is 23.1. The molecule has 0 N–H and O–H groups in total. The van der Waals surface area contributed by atoms with Gasteiger partial charge < -0.3 is 0 Å². The molecule has 1 aliphatic rings. The van der Waals surface area contributed by atoms with Gasteiger partial charge in [-0.25, -0.2) is 0 Å². The average molecular weight is 476 g/mol. The molecule has 1 aliphatic heterocycles. The van der Waals surface area contributed by atoms with E-state index >= 15 is 0 Å². The minimum atomic E-state index is -0.813. The Balaban J connectivity index is 0.00000127. The maximum Gasteiger partial charge on any atom is 0 e. The molecule has 0 aliphatic carbocycles. The first-order valence-electron chi connectivity index (χ1n) is 9.25. The molecule has 5 heteroatoms. The van der Waals surface area contributed by atoms with Crippen LogP contribution in [0.2, 0.25) is 0 Å². The zero-order valence-electron chi connectivity index (χ0n) is 17.4. The quantitative estimate of drug-likeness (QED) is 0.256. The topological polar surface area (TPSA) is 59.7 Å². The van der Waals surface area contributed by atoms with E-state index < -0.39 is 7.92 Å². The van der Waals surface area contributed by atoms with E-state index in [-0.39, 0.29) is 17.4 Å². The SMILES string of the molecule is C[PH+]1[C](c2ccccc2)[CH][C](c2ccccc2)[CH][C]1c1ccccc1.[C-]#[O+].[C-]#[O+].[C-]#[O+].[Cr]. The summed E-state index contributed by atoms with van der Waals surface area (Å²) in [6, 6.07) is 32.3. The normalized spacial score (nSPS) is 14.0.